The summed E-state index contributed by atoms with van der Waals surface area (Å²) < 4.78 is 25.2. The van der Waals surface area contributed by atoms with Crippen LogP contribution in [-0.2, 0) is 19.4 Å². The van der Waals surface area contributed by atoms with Crippen LogP contribution in [0.4, 0.5) is 11.4 Å². The van der Waals surface area contributed by atoms with Gasteiger partial charge in [0.1, 0.15) is 0 Å². The Morgan fingerprint density at radius 1 is 0.897 bits per heavy atom. The van der Waals surface area contributed by atoms with Gasteiger partial charge in [-0.2, -0.15) is 0 Å². The maximum absolute atomic E-state index is 12.6. The summed E-state index contributed by atoms with van der Waals surface area (Å²) in [7, 11) is -3.29. The van der Waals surface area contributed by atoms with E-state index in [2.05, 4.69) is 10.6 Å². The van der Waals surface area contributed by atoms with Gasteiger partial charge in [0.15, 0.2) is 9.84 Å². The van der Waals surface area contributed by atoms with E-state index in [0.29, 0.717) is 16.3 Å². The molecular weight excluding hydrogens is 388 g/mol. The summed E-state index contributed by atoms with van der Waals surface area (Å²) in [6.07, 6.45) is 6.41. The zero-order valence-electron chi connectivity index (χ0n) is 16.2. The van der Waals surface area contributed by atoms with Gasteiger partial charge < -0.3 is 10.6 Å². The van der Waals surface area contributed by atoms with Crippen molar-refractivity contribution in [3.05, 3.63) is 60.2 Å². The Morgan fingerprint density at radius 3 is 2.03 bits per heavy atom. The lowest BCUT2D eigenvalue weighted by Gasteiger charge is -2.11. The second-order valence-corrected chi connectivity index (χ2v) is 9.33. The minimum Gasteiger partial charge on any atom is -0.326 e. The van der Waals surface area contributed by atoms with Gasteiger partial charge in [-0.05, 0) is 60.9 Å². The summed E-state index contributed by atoms with van der Waals surface area (Å²) in [5.41, 5.74) is 2.03. The molecule has 0 bridgehead atoms. The molecule has 2 aromatic carbocycles. The molecule has 0 spiro atoms. The zero-order chi connectivity index (χ0) is 20.9. The number of nitrogens with one attached hydrogen (secondary N) is 2. The Hall–Kier alpha value is -2.93. The molecule has 1 saturated carbocycles. The molecule has 0 aromatic heterocycles. The number of carbonyl (C=O) groups excluding carboxylic acids is 2. The maximum atomic E-state index is 12.6. The molecule has 7 heteroatoms. The van der Waals surface area contributed by atoms with Crippen molar-refractivity contribution in [1.82, 2.24) is 0 Å². The summed E-state index contributed by atoms with van der Waals surface area (Å²) in [5.74, 6) is -0.461. The molecule has 1 fully saturated rings. The highest BCUT2D eigenvalue weighted by molar-refractivity contribution is 7.92. The van der Waals surface area contributed by atoms with Gasteiger partial charge in [-0.3, -0.25) is 9.59 Å². The lowest BCUT2D eigenvalue weighted by atomic mass is 10.2. The molecule has 0 saturated heterocycles. The van der Waals surface area contributed by atoms with E-state index in [-0.39, 0.29) is 17.1 Å². The predicted octanol–water partition coefficient (Wildman–Crippen LogP) is 4.01. The molecule has 1 aliphatic carbocycles. The van der Waals surface area contributed by atoms with Gasteiger partial charge in [-0.1, -0.05) is 25.0 Å². The van der Waals surface area contributed by atoms with Gasteiger partial charge in [0.05, 0.1) is 10.1 Å². The summed E-state index contributed by atoms with van der Waals surface area (Å²) in [4.78, 5) is 23.4. The van der Waals surface area contributed by atoms with Crippen LogP contribution >= 0.6 is 0 Å². The number of amides is 2. The average Bonchev–Trinajstić information content (AvgIpc) is 3.23. The van der Waals surface area contributed by atoms with Crippen molar-refractivity contribution in [1.29, 1.82) is 0 Å². The Labute approximate surface area is 170 Å². The lowest BCUT2D eigenvalue weighted by molar-refractivity contribution is -0.114. The monoisotopic (exact) mass is 412 g/mol. The second kappa shape index (κ2) is 9.05. The van der Waals surface area contributed by atoms with Crippen molar-refractivity contribution in [3.63, 3.8) is 0 Å². The maximum Gasteiger partial charge on any atom is 0.248 e. The van der Waals surface area contributed by atoms with E-state index >= 15 is 0 Å². The van der Waals surface area contributed by atoms with Crippen LogP contribution in [0.25, 0.3) is 6.08 Å². The third-order valence-electron chi connectivity index (χ3n) is 4.85. The fraction of sp³-hybridized carbons (Fsp3) is 0.273. The second-order valence-electron chi connectivity index (χ2n) is 7.10. The van der Waals surface area contributed by atoms with Crippen molar-refractivity contribution >= 4 is 39.1 Å². The van der Waals surface area contributed by atoms with Crippen LogP contribution in [-0.4, -0.2) is 25.5 Å². The molecule has 29 heavy (non-hydrogen) atoms. The van der Waals surface area contributed by atoms with Crippen molar-refractivity contribution in [2.24, 2.45) is 0 Å². The number of carbonyl (C=O) groups is 2. The minimum absolute atomic E-state index is 0.144. The summed E-state index contributed by atoms with van der Waals surface area (Å²) in [5, 5.41) is 5.11. The van der Waals surface area contributed by atoms with Gasteiger partial charge >= 0.3 is 0 Å². The highest BCUT2D eigenvalue weighted by Gasteiger charge is 2.30. The van der Waals surface area contributed by atoms with Gasteiger partial charge in [0.2, 0.25) is 11.8 Å². The molecule has 0 aliphatic heterocycles. The number of sulfone groups is 1. The predicted molar refractivity (Wildman–Crippen MR) is 114 cm³/mol. The molecule has 0 atom stereocenters. The van der Waals surface area contributed by atoms with Crippen molar-refractivity contribution < 1.29 is 18.0 Å². The molecular formula is C22H24N2O4S. The highest BCUT2D eigenvalue weighted by atomic mass is 32.2. The quantitative estimate of drug-likeness (QED) is 0.701. The lowest BCUT2D eigenvalue weighted by Crippen LogP contribution is -2.17. The molecule has 2 N–H and O–H groups in total. The minimum atomic E-state index is -3.29. The van der Waals surface area contributed by atoms with E-state index in [1.165, 1.54) is 13.0 Å². The molecule has 0 unspecified atom stereocenters. The highest BCUT2D eigenvalue weighted by Crippen LogP contribution is 2.30. The van der Waals surface area contributed by atoms with E-state index in [4.69, 9.17) is 0 Å². The standard InChI is InChI=1S/C22H24N2O4S/c1-16(25)23-18-9-6-17(7-10-18)8-15-22(26)24-19-11-13-21(14-12-19)29(27,28)20-4-2-3-5-20/h6-15,20H,2-5H2,1H3,(H,23,25)(H,24,26)/b15-8+. The van der Waals surface area contributed by atoms with Crippen LogP contribution in [0.3, 0.4) is 0 Å². The largest absolute Gasteiger partial charge is 0.326 e. The van der Waals surface area contributed by atoms with Gasteiger partial charge in [0, 0.05) is 24.4 Å². The third-order valence-corrected chi connectivity index (χ3v) is 7.13. The number of anilines is 2. The van der Waals surface area contributed by atoms with Gasteiger partial charge in [-0.15, -0.1) is 0 Å². The van der Waals surface area contributed by atoms with Crippen molar-refractivity contribution in [2.75, 3.05) is 10.6 Å². The summed E-state index contributed by atoms with van der Waals surface area (Å²) >= 11 is 0. The van der Waals surface area contributed by atoms with Crippen LogP contribution in [0.2, 0.25) is 0 Å². The Kier molecular flexibility index (Phi) is 6.49. The molecule has 1 aliphatic rings. The van der Waals surface area contributed by atoms with Crippen LogP contribution in [0.15, 0.2) is 59.5 Å². The number of hydrogen-bond acceptors (Lipinski definition) is 4. The fourth-order valence-corrected chi connectivity index (χ4v) is 5.21. The van der Waals surface area contributed by atoms with Crippen LogP contribution < -0.4 is 10.6 Å². The number of hydrogen-bond donors (Lipinski definition) is 2. The molecule has 6 nitrogen and oxygen atoms in total. The van der Waals surface area contributed by atoms with Crippen LogP contribution in [0.1, 0.15) is 38.2 Å². The Balaban J connectivity index is 1.59. The van der Waals surface area contributed by atoms with Crippen molar-refractivity contribution in [3.8, 4) is 0 Å². The van der Waals surface area contributed by atoms with E-state index in [9.17, 15) is 18.0 Å². The Morgan fingerprint density at radius 2 is 1.45 bits per heavy atom. The Bertz CT molecular complexity index is 1000. The zero-order valence-corrected chi connectivity index (χ0v) is 17.0. The fourth-order valence-electron chi connectivity index (χ4n) is 3.36. The van der Waals surface area contributed by atoms with E-state index < -0.39 is 9.84 Å². The average molecular weight is 413 g/mol. The molecule has 3 rings (SSSR count). The number of benzene rings is 2. The van der Waals surface area contributed by atoms with Gasteiger partial charge in [-0.25, -0.2) is 8.42 Å². The van der Waals surface area contributed by atoms with Crippen LogP contribution in [0, 0.1) is 0 Å². The van der Waals surface area contributed by atoms with Crippen LogP contribution in [0.5, 0.6) is 0 Å². The first-order valence-electron chi connectivity index (χ1n) is 9.55. The molecule has 152 valence electrons. The van der Waals surface area contributed by atoms with E-state index in [1.807, 2.05) is 0 Å². The molecule has 0 heterocycles. The topological polar surface area (TPSA) is 92.3 Å². The SMILES string of the molecule is CC(=O)Nc1ccc(/C=C/C(=O)Nc2ccc(S(=O)(=O)C3CCCC3)cc2)cc1. The first kappa shape index (κ1) is 20.8. The molecule has 2 aromatic rings. The normalized spacial score (nSPS) is 14.8. The number of rotatable bonds is 6. The first-order valence-corrected chi connectivity index (χ1v) is 11.1. The van der Waals surface area contributed by atoms with E-state index in [0.717, 1.165) is 31.2 Å². The molecule has 2 amide bonds. The van der Waals surface area contributed by atoms with Gasteiger partial charge in [0.25, 0.3) is 0 Å². The smallest absolute Gasteiger partial charge is 0.248 e. The summed E-state index contributed by atoms with van der Waals surface area (Å²) in [6, 6.07) is 13.4. The summed E-state index contributed by atoms with van der Waals surface area (Å²) in [6.45, 7) is 1.44. The third kappa shape index (κ3) is 5.54. The molecule has 0 radical (unpaired) electrons. The first-order chi connectivity index (χ1) is 13.8. The van der Waals surface area contributed by atoms with Crippen molar-refractivity contribution in [2.45, 2.75) is 42.8 Å². The van der Waals surface area contributed by atoms with E-state index in [1.54, 1.807) is 54.6 Å².